The molecule has 5 nitrogen and oxygen atoms in total. The number of carbonyl (C=O) groups is 1. The summed E-state index contributed by atoms with van der Waals surface area (Å²) in [5, 5.41) is 6.02. The van der Waals surface area contributed by atoms with Crippen molar-refractivity contribution < 1.29 is 4.79 Å². The maximum absolute atomic E-state index is 12.0. The molecular weight excluding hydrogens is 300 g/mol. The predicted molar refractivity (Wildman–Crippen MR) is 97.6 cm³/mol. The fourth-order valence-corrected chi connectivity index (χ4v) is 2.17. The van der Waals surface area contributed by atoms with Gasteiger partial charge in [0, 0.05) is 24.6 Å². The van der Waals surface area contributed by atoms with Crippen LogP contribution in [0.5, 0.6) is 0 Å². The van der Waals surface area contributed by atoms with Gasteiger partial charge < -0.3 is 10.6 Å². The number of aromatic nitrogens is 2. The summed E-state index contributed by atoms with van der Waals surface area (Å²) in [6.07, 6.45) is 4.05. The first-order valence-corrected chi connectivity index (χ1v) is 8.43. The summed E-state index contributed by atoms with van der Waals surface area (Å²) in [5.41, 5.74) is 2.68. The van der Waals surface area contributed by atoms with E-state index in [4.69, 9.17) is 0 Å². The molecule has 0 radical (unpaired) electrons. The van der Waals surface area contributed by atoms with Crippen LogP contribution < -0.4 is 10.6 Å². The Bertz CT molecular complexity index is 648. The molecule has 0 atom stereocenters. The Labute approximate surface area is 143 Å². The van der Waals surface area contributed by atoms with Crippen molar-refractivity contribution in [2.45, 2.75) is 40.0 Å². The van der Waals surface area contributed by atoms with E-state index in [9.17, 15) is 4.79 Å². The highest BCUT2D eigenvalue weighted by Gasteiger charge is 2.07. The number of amides is 1. The molecule has 1 aromatic heterocycles. The number of carbonyl (C=O) groups excluding carboxylic acids is 1. The smallest absolute Gasteiger partial charge is 0.254 e. The molecule has 5 heteroatoms. The molecule has 2 aromatic rings. The number of nitrogens with one attached hydrogen (secondary N) is 2. The first-order valence-electron chi connectivity index (χ1n) is 8.43. The van der Waals surface area contributed by atoms with Crippen molar-refractivity contribution in [2.75, 3.05) is 11.9 Å². The van der Waals surface area contributed by atoms with E-state index in [0.29, 0.717) is 29.9 Å². The molecule has 2 rings (SSSR count). The third kappa shape index (κ3) is 5.33. The van der Waals surface area contributed by atoms with Crippen molar-refractivity contribution in [1.82, 2.24) is 15.3 Å². The summed E-state index contributed by atoms with van der Waals surface area (Å²) in [6.45, 7) is 9.25. The summed E-state index contributed by atoms with van der Waals surface area (Å²) in [4.78, 5) is 20.4. The van der Waals surface area contributed by atoms with Gasteiger partial charge in [0.2, 0.25) is 5.95 Å². The van der Waals surface area contributed by atoms with Gasteiger partial charge >= 0.3 is 0 Å². The molecule has 0 aliphatic heterocycles. The number of hydrogen-bond donors (Lipinski definition) is 2. The summed E-state index contributed by atoms with van der Waals surface area (Å²) in [5.74, 6) is 1.41. The van der Waals surface area contributed by atoms with Crippen LogP contribution in [0, 0.1) is 5.92 Å². The van der Waals surface area contributed by atoms with Gasteiger partial charge in [0.05, 0.1) is 5.56 Å². The molecule has 24 heavy (non-hydrogen) atoms. The minimum absolute atomic E-state index is 0.136. The van der Waals surface area contributed by atoms with Crippen LogP contribution in [0.1, 0.15) is 56.0 Å². The van der Waals surface area contributed by atoms with E-state index in [0.717, 1.165) is 12.1 Å². The molecule has 1 amide bonds. The molecule has 0 aliphatic rings. The summed E-state index contributed by atoms with van der Waals surface area (Å²) in [6, 6.07) is 8.18. The average molecular weight is 326 g/mol. The first-order chi connectivity index (χ1) is 11.5. The van der Waals surface area contributed by atoms with Crippen molar-refractivity contribution in [3.63, 3.8) is 0 Å². The topological polar surface area (TPSA) is 66.9 Å². The van der Waals surface area contributed by atoms with Crippen LogP contribution >= 0.6 is 0 Å². The molecule has 0 aliphatic carbocycles. The molecule has 0 saturated heterocycles. The number of hydrogen-bond acceptors (Lipinski definition) is 4. The lowest BCUT2D eigenvalue weighted by atomic mass is 10.0. The van der Waals surface area contributed by atoms with E-state index in [2.05, 4.69) is 60.4 Å². The molecule has 0 bridgehead atoms. The van der Waals surface area contributed by atoms with Crippen LogP contribution in [0.4, 0.5) is 11.6 Å². The molecule has 1 heterocycles. The van der Waals surface area contributed by atoms with E-state index in [1.165, 1.54) is 5.56 Å². The van der Waals surface area contributed by atoms with Gasteiger partial charge in [-0.25, -0.2) is 9.97 Å². The highest BCUT2D eigenvalue weighted by atomic mass is 16.1. The Morgan fingerprint density at radius 1 is 1.04 bits per heavy atom. The molecule has 2 N–H and O–H groups in total. The zero-order valence-corrected chi connectivity index (χ0v) is 14.8. The van der Waals surface area contributed by atoms with Crippen molar-refractivity contribution >= 4 is 17.5 Å². The summed E-state index contributed by atoms with van der Waals surface area (Å²) < 4.78 is 0. The highest BCUT2D eigenvalue weighted by molar-refractivity contribution is 5.93. The van der Waals surface area contributed by atoms with Crippen LogP contribution in [0.25, 0.3) is 0 Å². The predicted octanol–water partition coefficient (Wildman–Crippen LogP) is 4.12. The van der Waals surface area contributed by atoms with Crippen LogP contribution in [-0.4, -0.2) is 22.4 Å². The number of rotatable bonds is 7. The highest BCUT2D eigenvalue weighted by Crippen LogP contribution is 2.18. The van der Waals surface area contributed by atoms with Crippen LogP contribution in [0.3, 0.4) is 0 Å². The second-order valence-electron chi connectivity index (χ2n) is 6.64. The lowest BCUT2D eigenvalue weighted by Crippen LogP contribution is -2.25. The lowest BCUT2D eigenvalue weighted by Gasteiger charge is -2.09. The maximum atomic E-state index is 12.0. The molecule has 0 saturated carbocycles. The summed E-state index contributed by atoms with van der Waals surface area (Å²) >= 11 is 0. The Kier molecular flexibility index (Phi) is 6.29. The Hall–Kier alpha value is -2.43. The van der Waals surface area contributed by atoms with Crippen LogP contribution in [0.15, 0.2) is 36.7 Å². The van der Waals surface area contributed by atoms with Crippen molar-refractivity contribution in [3.05, 3.63) is 47.8 Å². The molecule has 0 unspecified atom stereocenters. The van der Waals surface area contributed by atoms with Crippen molar-refractivity contribution in [3.8, 4) is 0 Å². The molecule has 128 valence electrons. The number of benzene rings is 1. The van der Waals surface area contributed by atoms with E-state index in [1.54, 1.807) is 12.4 Å². The average Bonchev–Trinajstić information content (AvgIpc) is 2.55. The maximum Gasteiger partial charge on any atom is 0.254 e. The fourth-order valence-electron chi connectivity index (χ4n) is 2.17. The normalized spacial score (nSPS) is 10.9. The van der Waals surface area contributed by atoms with Gasteiger partial charge in [-0.2, -0.15) is 0 Å². The minimum atomic E-state index is -0.136. The van der Waals surface area contributed by atoms with Gasteiger partial charge in [-0.15, -0.1) is 0 Å². The third-order valence-corrected chi connectivity index (χ3v) is 3.75. The summed E-state index contributed by atoms with van der Waals surface area (Å²) in [7, 11) is 0. The van der Waals surface area contributed by atoms with E-state index in [-0.39, 0.29) is 5.91 Å². The Morgan fingerprint density at radius 3 is 2.21 bits per heavy atom. The van der Waals surface area contributed by atoms with Gasteiger partial charge in [0.1, 0.15) is 0 Å². The Morgan fingerprint density at radius 2 is 1.67 bits per heavy atom. The molecular formula is C19H26N4O. The third-order valence-electron chi connectivity index (χ3n) is 3.75. The van der Waals surface area contributed by atoms with E-state index >= 15 is 0 Å². The van der Waals surface area contributed by atoms with Crippen LogP contribution in [0.2, 0.25) is 0 Å². The van der Waals surface area contributed by atoms with Crippen LogP contribution in [-0.2, 0) is 0 Å². The van der Waals surface area contributed by atoms with Gasteiger partial charge in [-0.05, 0) is 36.0 Å². The zero-order chi connectivity index (χ0) is 17.5. The van der Waals surface area contributed by atoms with Gasteiger partial charge in [-0.1, -0.05) is 39.8 Å². The zero-order valence-electron chi connectivity index (χ0n) is 14.8. The van der Waals surface area contributed by atoms with E-state index < -0.39 is 0 Å². The van der Waals surface area contributed by atoms with Gasteiger partial charge in [0.25, 0.3) is 5.91 Å². The monoisotopic (exact) mass is 326 g/mol. The second kappa shape index (κ2) is 8.43. The van der Waals surface area contributed by atoms with Crippen molar-refractivity contribution in [2.24, 2.45) is 5.92 Å². The lowest BCUT2D eigenvalue weighted by molar-refractivity contribution is 0.0951. The quantitative estimate of drug-likeness (QED) is 0.803. The van der Waals surface area contributed by atoms with Gasteiger partial charge in [0.15, 0.2) is 0 Å². The Balaban J connectivity index is 1.92. The molecule has 0 spiro atoms. The standard InChI is InChI=1S/C19H26N4O/c1-13(2)9-10-20-18(24)16-11-21-19(22-12-16)23-17-7-5-15(6-8-17)14(3)4/h5-8,11-14H,9-10H2,1-4H3,(H,20,24)(H,21,22,23). The number of anilines is 2. The van der Waals surface area contributed by atoms with E-state index in [1.807, 2.05) is 12.1 Å². The molecule has 1 aromatic carbocycles. The molecule has 0 fully saturated rings. The minimum Gasteiger partial charge on any atom is -0.352 e. The fraction of sp³-hybridized carbons (Fsp3) is 0.421. The second-order valence-corrected chi connectivity index (χ2v) is 6.64. The number of nitrogens with zero attached hydrogens (tertiary/aromatic N) is 2. The van der Waals surface area contributed by atoms with Gasteiger partial charge in [-0.3, -0.25) is 4.79 Å². The SMILES string of the molecule is CC(C)CCNC(=O)c1cnc(Nc2ccc(C(C)C)cc2)nc1. The largest absolute Gasteiger partial charge is 0.352 e. The van der Waals surface area contributed by atoms with Crippen molar-refractivity contribution in [1.29, 1.82) is 0 Å². The first kappa shape index (κ1) is 17.9.